The molecule has 3 fully saturated rings. The van der Waals surface area contributed by atoms with Gasteiger partial charge in [-0.05, 0) is 37.5 Å². The van der Waals surface area contributed by atoms with Gasteiger partial charge >= 0.3 is 0 Å². The van der Waals surface area contributed by atoms with Gasteiger partial charge in [0, 0.05) is 0 Å². The third-order valence-electron chi connectivity index (χ3n) is 5.03. The minimum atomic E-state index is -0.785. The van der Waals surface area contributed by atoms with Crippen molar-refractivity contribution < 1.29 is 20.0 Å². The van der Waals surface area contributed by atoms with Crippen LogP contribution in [0.2, 0.25) is 0 Å². The molecule has 1 aliphatic heterocycles. The zero-order valence-electron chi connectivity index (χ0n) is 10.8. The van der Waals surface area contributed by atoms with E-state index in [9.17, 15) is 10.2 Å². The van der Waals surface area contributed by atoms with Crippen molar-refractivity contribution in [3.05, 3.63) is 0 Å². The Labute approximate surface area is 108 Å². The Bertz CT molecular complexity index is 243. The van der Waals surface area contributed by atoms with Crippen molar-refractivity contribution in [2.75, 3.05) is 0 Å². The second-order valence-electron chi connectivity index (χ2n) is 6.19. The van der Waals surface area contributed by atoms with Crippen molar-refractivity contribution in [3.63, 3.8) is 0 Å². The lowest BCUT2D eigenvalue weighted by atomic mass is 9.86. The first kappa shape index (κ1) is 12.9. The standard InChI is InChI=1S/C14H24O4/c15-11-12(16)14(10-7-3-4-8-10)18-17-13(11)9-5-1-2-6-9/h9-16H,1-8H2/t11-,12+,13+,14-. The molecule has 1 saturated heterocycles. The van der Waals surface area contributed by atoms with Crippen molar-refractivity contribution in [1.82, 2.24) is 0 Å². The van der Waals surface area contributed by atoms with E-state index in [-0.39, 0.29) is 12.2 Å². The summed E-state index contributed by atoms with van der Waals surface area (Å²) >= 11 is 0. The largest absolute Gasteiger partial charge is 0.387 e. The van der Waals surface area contributed by atoms with Crippen molar-refractivity contribution >= 4 is 0 Å². The zero-order chi connectivity index (χ0) is 12.5. The van der Waals surface area contributed by atoms with Gasteiger partial charge in [-0.1, -0.05) is 25.7 Å². The number of aliphatic hydroxyl groups excluding tert-OH is 2. The van der Waals surface area contributed by atoms with Crippen LogP contribution in [-0.4, -0.2) is 34.6 Å². The molecule has 3 aliphatic rings. The Hall–Kier alpha value is -0.160. The lowest BCUT2D eigenvalue weighted by Gasteiger charge is -2.40. The van der Waals surface area contributed by atoms with Gasteiger partial charge < -0.3 is 10.2 Å². The van der Waals surface area contributed by atoms with Gasteiger partial charge in [0.2, 0.25) is 0 Å². The molecule has 0 bridgehead atoms. The van der Waals surface area contributed by atoms with Crippen LogP contribution < -0.4 is 0 Å². The molecule has 1 heterocycles. The first-order chi connectivity index (χ1) is 8.77. The maximum Gasteiger partial charge on any atom is 0.124 e. The highest BCUT2D eigenvalue weighted by Gasteiger charge is 2.47. The Balaban J connectivity index is 1.63. The Kier molecular flexibility index (Phi) is 3.89. The number of hydrogen-bond acceptors (Lipinski definition) is 4. The third kappa shape index (κ3) is 2.31. The van der Waals surface area contributed by atoms with Crippen LogP contribution in [0.15, 0.2) is 0 Å². The summed E-state index contributed by atoms with van der Waals surface area (Å²) < 4.78 is 0. The van der Waals surface area contributed by atoms with E-state index in [1.165, 1.54) is 25.7 Å². The van der Waals surface area contributed by atoms with Crippen LogP contribution >= 0.6 is 0 Å². The monoisotopic (exact) mass is 256 g/mol. The second-order valence-corrected chi connectivity index (χ2v) is 6.19. The van der Waals surface area contributed by atoms with Gasteiger partial charge in [-0.25, -0.2) is 9.78 Å². The van der Waals surface area contributed by atoms with Gasteiger partial charge in [-0.3, -0.25) is 0 Å². The SMILES string of the molecule is O[C@@H]1[C@H](O)[C@@H](C2CCCC2)OO[C@H]1C1CCCC1. The molecule has 4 heteroatoms. The summed E-state index contributed by atoms with van der Waals surface area (Å²) in [6.45, 7) is 0. The van der Waals surface area contributed by atoms with E-state index in [1.807, 2.05) is 0 Å². The molecule has 0 aromatic heterocycles. The molecule has 2 N–H and O–H groups in total. The first-order valence-corrected chi connectivity index (χ1v) is 7.45. The predicted octanol–water partition coefficient (Wildman–Crippen LogP) is 1.79. The Morgan fingerprint density at radius 1 is 0.611 bits per heavy atom. The molecule has 0 aromatic carbocycles. The number of aliphatic hydroxyl groups is 2. The molecule has 0 amide bonds. The summed E-state index contributed by atoms with van der Waals surface area (Å²) in [5.74, 6) is 0.693. The summed E-state index contributed by atoms with van der Waals surface area (Å²) in [7, 11) is 0. The van der Waals surface area contributed by atoms with Crippen molar-refractivity contribution in [1.29, 1.82) is 0 Å². The molecule has 4 nitrogen and oxygen atoms in total. The molecule has 4 atom stereocenters. The Morgan fingerprint density at radius 3 is 1.28 bits per heavy atom. The van der Waals surface area contributed by atoms with Crippen LogP contribution in [0.3, 0.4) is 0 Å². The van der Waals surface area contributed by atoms with Crippen LogP contribution in [0, 0.1) is 11.8 Å². The van der Waals surface area contributed by atoms with Gasteiger partial charge in [0.25, 0.3) is 0 Å². The molecule has 18 heavy (non-hydrogen) atoms. The highest BCUT2D eigenvalue weighted by Crippen LogP contribution is 2.38. The maximum absolute atomic E-state index is 10.3. The van der Waals surface area contributed by atoms with E-state index < -0.39 is 12.2 Å². The normalized spacial score (nSPS) is 43.7. The van der Waals surface area contributed by atoms with E-state index in [0.717, 1.165) is 25.7 Å². The molecular formula is C14H24O4. The molecule has 0 unspecified atom stereocenters. The molecule has 0 radical (unpaired) electrons. The molecule has 3 rings (SSSR count). The smallest absolute Gasteiger partial charge is 0.124 e. The van der Waals surface area contributed by atoms with E-state index in [4.69, 9.17) is 9.78 Å². The quantitative estimate of drug-likeness (QED) is 0.740. The highest BCUT2D eigenvalue weighted by atomic mass is 17.2. The average molecular weight is 256 g/mol. The third-order valence-corrected chi connectivity index (χ3v) is 5.03. The summed E-state index contributed by atoms with van der Waals surface area (Å²) in [6.07, 6.45) is 6.84. The van der Waals surface area contributed by atoms with Gasteiger partial charge in [0.1, 0.15) is 24.4 Å². The van der Waals surface area contributed by atoms with Crippen LogP contribution in [0.4, 0.5) is 0 Å². The maximum atomic E-state index is 10.3. The topological polar surface area (TPSA) is 58.9 Å². The van der Waals surface area contributed by atoms with Gasteiger partial charge in [0.15, 0.2) is 0 Å². The van der Waals surface area contributed by atoms with E-state index in [1.54, 1.807) is 0 Å². The Morgan fingerprint density at radius 2 is 0.944 bits per heavy atom. The number of hydrogen-bond donors (Lipinski definition) is 2. The fourth-order valence-corrected chi connectivity index (χ4v) is 3.92. The zero-order valence-corrected chi connectivity index (χ0v) is 10.8. The fraction of sp³-hybridized carbons (Fsp3) is 1.00. The second kappa shape index (κ2) is 5.45. The van der Waals surface area contributed by atoms with E-state index >= 15 is 0 Å². The van der Waals surface area contributed by atoms with Gasteiger partial charge in [-0.2, -0.15) is 0 Å². The molecular weight excluding hydrogens is 232 g/mol. The lowest BCUT2D eigenvalue weighted by molar-refractivity contribution is -0.427. The van der Waals surface area contributed by atoms with Crippen molar-refractivity contribution in [2.45, 2.75) is 75.8 Å². The van der Waals surface area contributed by atoms with Crippen LogP contribution in [-0.2, 0) is 9.78 Å². The molecule has 2 aliphatic carbocycles. The first-order valence-electron chi connectivity index (χ1n) is 7.45. The predicted molar refractivity (Wildman–Crippen MR) is 65.7 cm³/mol. The summed E-state index contributed by atoms with van der Waals surface area (Å²) in [5, 5.41) is 20.5. The van der Waals surface area contributed by atoms with Crippen LogP contribution in [0.1, 0.15) is 51.4 Å². The fourth-order valence-electron chi connectivity index (χ4n) is 3.92. The van der Waals surface area contributed by atoms with Crippen molar-refractivity contribution in [3.8, 4) is 0 Å². The summed E-state index contributed by atoms with van der Waals surface area (Å²) in [5.41, 5.74) is 0. The van der Waals surface area contributed by atoms with E-state index in [2.05, 4.69) is 0 Å². The molecule has 2 saturated carbocycles. The van der Waals surface area contributed by atoms with E-state index in [0.29, 0.717) is 11.8 Å². The van der Waals surface area contributed by atoms with Crippen LogP contribution in [0.25, 0.3) is 0 Å². The summed E-state index contributed by atoms with van der Waals surface area (Å²) in [4.78, 5) is 10.9. The molecule has 0 aromatic rings. The van der Waals surface area contributed by atoms with Gasteiger partial charge in [0.05, 0.1) is 0 Å². The number of rotatable bonds is 2. The van der Waals surface area contributed by atoms with Crippen molar-refractivity contribution in [2.24, 2.45) is 11.8 Å². The lowest BCUT2D eigenvalue weighted by Crippen LogP contribution is -2.55. The van der Waals surface area contributed by atoms with Gasteiger partial charge in [-0.15, -0.1) is 0 Å². The molecule has 104 valence electrons. The minimum Gasteiger partial charge on any atom is -0.387 e. The summed E-state index contributed by atoms with van der Waals surface area (Å²) in [6, 6.07) is 0. The highest BCUT2D eigenvalue weighted by molar-refractivity contribution is 4.93. The van der Waals surface area contributed by atoms with Crippen LogP contribution in [0.5, 0.6) is 0 Å². The average Bonchev–Trinajstić information content (AvgIpc) is 3.03. The minimum absolute atomic E-state index is 0.333. The molecule has 0 spiro atoms.